The van der Waals surface area contributed by atoms with Gasteiger partial charge < -0.3 is 15.8 Å². The third-order valence-electron chi connectivity index (χ3n) is 2.26. The van der Waals surface area contributed by atoms with E-state index in [-0.39, 0.29) is 36.6 Å². The Balaban J connectivity index is 0.00000400. The number of hydrogen-bond donors (Lipinski definition) is 2. The van der Waals surface area contributed by atoms with E-state index in [0.717, 1.165) is 12.1 Å². The van der Waals surface area contributed by atoms with E-state index in [9.17, 15) is 13.2 Å². The molecule has 0 aromatic heterocycles. The van der Waals surface area contributed by atoms with Crippen LogP contribution in [0.2, 0.25) is 0 Å². The zero-order chi connectivity index (χ0) is 15.2. The van der Waals surface area contributed by atoms with E-state index in [0.29, 0.717) is 18.3 Å². The smallest absolute Gasteiger partial charge is 0.416 e. The predicted octanol–water partition coefficient (Wildman–Crippen LogP) is 3.01. The fraction of sp³-hybridized carbons (Fsp3) is 0.462. The number of aliphatic imine (C=N–C) groups is 1. The van der Waals surface area contributed by atoms with Crippen LogP contribution >= 0.6 is 24.0 Å². The zero-order valence-electron chi connectivity index (χ0n) is 11.8. The summed E-state index contributed by atoms with van der Waals surface area (Å²) in [5, 5.41) is 2.91. The number of guanidine groups is 1. The maximum atomic E-state index is 12.3. The first-order valence-electron chi connectivity index (χ1n) is 6.15. The third-order valence-corrected chi connectivity index (χ3v) is 2.26. The molecule has 0 heterocycles. The lowest BCUT2D eigenvalue weighted by atomic mass is 10.2. The molecular formula is C13H19F3IN3O. The minimum atomic E-state index is -4.33. The summed E-state index contributed by atoms with van der Waals surface area (Å²) >= 11 is 0. The molecule has 0 atom stereocenters. The molecule has 1 aromatic carbocycles. The van der Waals surface area contributed by atoms with E-state index >= 15 is 0 Å². The number of halogens is 4. The van der Waals surface area contributed by atoms with Gasteiger partial charge in [-0.05, 0) is 38.1 Å². The molecule has 0 aliphatic carbocycles. The van der Waals surface area contributed by atoms with Crippen LogP contribution in [0.5, 0.6) is 5.75 Å². The monoisotopic (exact) mass is 417 g/mol. The van der Waals surface area contributed by atoms with Crippen molar-refractivity contribution in [3.05, 3.63) is 29.8 Å². The summed E-state index contributed by atoms with van der Waals surface area (Å²) in [5.41, 5.74) is 4.88. The highest BCUT2D eigenvalue weighted by atomic mass is 127. The van der Waals surface area contributed by atoms with E-state index in [1.165, 1.54) is 12.1 Å². The van der Waals surface area contributed by atoms with E-state index in [2.05, 4.69) is 10.3 Å². The van der Waals surface area contributed by atoms with Crippen molar-refractivity contribution in [2.24, 2.45) is 10.7 Å². The topological polar surface area (TPSA) is 59.6 Å². The number of nitrogens with one attached hydrogen (secondary N) is 1. The summed E-state index contributed by atoms with van der Waals surface area (Å²) in [4.78, 5) is 4.01. The average molecular weight is 417 g/mol. The second-order valence-corrected chi connectivity index (χ2v) is 4.44. The number of nitrogens with zero attached hydrogens (tertiary/aromatic N) is 1. The molecule has 4 nitrogen and oxygen atoms in total. The summed E-state index contributed by atoms with van der Waals surface area (Å²) in [6, 6.07) is 4.71. The number of benzene rings is 1. The van der Waals surface area contributed by atoms with Crippen molar-refractivity contribution in [2.45, 2.75) is 26.1 Å². The van der Waals surface area contributed by atoms with Crippen LogP contribution in [0.25, 0.3) is 0 Å². The van der Waals surface area contributed by atoms with Crippen molar-refractivity contribution in [3.8, 4) is 5.75 Å². The highest BCUT2D eigenvalue weighted by Crippen LogP contribution is 2.30. The molecule has 0 fully saturated rings. The van der Waals surface area contributed by atoms with Crippen molar-refractivity contribution in [1.29, 1.82) is 0 Å². The Morgan fingerprint density at radius 2 is 1.86 bits per heavy atom. The van der Waals surface area contributed by atoms with Crippen molar-refractivity contribution in [1.82, 2.24) is 5.32 Å². The zero-order valence-corrected chi connectivity index (χ0v) is 14.1. The molecule has 0 unspecified atom stereocenters. The van der Waals surface area contributed by atoms with Crippen LogP contribution in [0.3, 0.4) is 0 Å². The molecule has 0 amide bonds. The van der Waals surface area contributed by atoms with E-state index < -0.39 is 11.7 Å². The van der Waals surface area contributed by atoms with Gasteiger partial charge in [-0.1, -0.05) is 0 Å². The van der Waals surface area contributed by atoms with Crippen molar-refractivity contribution in [3.63, 3.8) is 0 Å². The Hall–Kier alpha value is -1.19. The first-order chi connectivity index (χ1) is 9.29. The fourth-order valence-electron chi connectivity index (χ4n) is 1.41. The third kappa shape index (κ3) is 7.98. The van der Waals surface area contributed by atoms with Crippen LogP contribution in [0.15, 0.2) is 29.3 Å². The molecule has 0 spiro atoms. The number of ether oxygens (including phenoxy) is 1. The normalized spacial score (nSPS) is 12.0. The summed E-state index contributed by atoms with van der Waals surface area (Å²) < 4.78 is 42.3. The highest BCUT2D eigenvalue weighted by Gasteiger charge is 2.29. The lowest BCUT2D eigenvalue weighted by Gasteiger charge is -2.10. The van der Waals surface area contributed by atoms with Gasteiger partial charge in [0.15, 0.2) is 5.96 Å². The van der Waals surface area contributed by atoms with Gasteiger partial charge in [0.05, 0.1) is 12.1 Å². The maximum Gasteiger partial charge on any atom is 0.416 e. The molecule has 1 aromatic rings. The molecule has 120 valence electrons. The number of alkyl halides is 3. The lowest BCUT2D eigenvalue weighted by Crippen LogP contribution is -2.37. The minimum absolute atomic E-state index is 0. The summed E-state index contributed by atoms with van der Waals surface area (Å²) in [5.74, 6) is 0.680. The largest absolute Gasteiger partial charge is 0.492 e. The van der Waals surface area contributed by atoms with Crippen LogP contribution in [-0.4, -0.2) is 25.2 Å². The van der Waals surface area contributed by atoms with Gasteiger partial charge in [-0.2, -0.15) is 13.2 Å². The first kappa shape index (κ1) is 19.8. The summed E-state index contributed by atoms with van der Waals surface area (Å²) in [7, 11) is 0. The second kappa shape index (κ2) is 8.96. The molecule has 3 N–H and O–H groups in total. The highest BCUT2D eigenvalue weighted by molar-refractivity contribution is 14.0. The van der Waals surface area contributed by atoms with Gasteiger partial charge >= 0.3 is 6.18 Å². The van der Waals surface area contributed by atoms with E-state index in [4.69, 9.17) is 10.5 Å². The molecule has 0 bridgehead atoms. The van der Waals surface area contributed by atoms with Crippen LogP contribution < -0.4 is 15.8 Å². The van der Waals surface area contributed by atoms with Gasteiger partial charge in [-0.25, -0.2) is 4.99 Å². The van der Waals surface area contributed by atoms with Crippen molar-refractivity contribution < 1.29 is 17.9 Å². The van der Waals surface area contributed by atoms with Crippen LogP contribution in [0.1, 0.15) is 19.4 Å². The van der Waals surface area contributed by atoms with Gasteiger partial charge in [-0.15, -0.1) is 24.0 Å². The molecule has 0 radical (unpaired) electrons. The summed E-state index contributed by atoms with van der Waals surface area (Å²) in [6.07, 6.45) is -4.33. The summed E-state index contributed by atoms with van der Waals surface area (Å²) in [6.45, 7) is 4.43. The van der Waals surface area contributed by atoms with Crippen molar-refractivity contribution in [2.75, 3.05) is 13.2 Å². The standard InChI is InChI=1S/C13H18F3N3O.HI/c1-9(2)19-12(17)18-7-8-20-11-5-3-10(4-6-11)13(14,15)16;/h3-6,9H,7-8H2,1-2H3,(H3,17,18,19);1H. The Kier molecular flexibility index (Phi) is 8.45. The number of rotatable bonds is 5. The predicted molar refractivity (Wildman–Crippen MR) is 87.1 cm³/mol. The molecule has 0 aliphatic rings. The SMILES string of the molecule is CC(C)NC(N)=NCCOc1ccc(C(F)(F)F)cc1.I. The minimum Gasteiger partial charge on any atom is -0.492 e. The molecular weight excluding hydrogens is 398 g/mol. The van der Waals surface area contributed by atoms with Gasteiger partial charge in [0.2, 0.25) is 0 Å². The molecule has 21 heavy (non-hydrogen) atoms. The molecule has 0 aliphatic heterocycles. The quantitative estimate of drug-likeness (QED) is 0.335. The number of nitrogens with two attached hydrogens (primary N) is 1. The Labute approximate surface area is 139 Å². The van der Waals surface area contributed by atoms with Gasteiger partial charge in [0.25, 0.3) is 0 Å². The fourth-order valence-corrected chi connectivity index (χ4v) is 1.41. The maximum absolute atomic E-state index is 12.3. The molecule has 0 saturated carbocycles. The van der Waals surface area contributed by atoms with Gasteiger partial charge in [0, 0.05) is 6.04 Å². The average Bonchev–Trinajstić information content (AvgIpc) is 2.33. The van der Waals surface area contributed by atoms with Gasteiger partial charge in [-0.3, -0.25) is 0 Å². The first-order valence-corrected chi connectivity index (χ1v) is 6.15. The van der Waals surface area contributed by atoms with E-state index in [1.54, 1.807) is 0 Å². The van der Waals surface area contributed by atoms with Crippen LogP contribution in [-0.2, 0) is 6.18 Å². The number of hydrogen-bond acceptors (Lipinski definition) is 2. The van der Waals surface area contributed by atoms with Gasteiger partial charge in [0.1, 0.15) is 12.4 Å². The van der Waals surface area contributed by atoms with Crippen LogP contribution in [0, 0.1) is 0 Å². The Bertz CT molecular complexity index is 447. The van der Waals surface area contributed by atoms with Crippen molar-refractivity contribution >= 4 is 29.9 Å². The lowest BCUT2D eigenvalue weighted by molar-refractivity contribution is -0.137. The molecule has 0 saturated heterocycles. The van der Waals surface area contributed by atoms with Crippen LogP contribution in [0.4, 0.5) is 13.2 Å². The van der Waals surface area contributed by atoms with E-state index in [1.807, 2.05) is 13.8 Å². The molecule has 1 rings (SSSR count). The molecule has 8 heteroatoms. The Morgan fingerprint density at radius 3 is 2.33 bits per heavy atom. The second-order valence-electron chi connectivity index (χ2n) is 4.44. The Morgan fingerprint density at radius 1 is 1.29 bits per heavy atom.